The molecule has 0 unspecified atom stereocenters. The van der Waals surface area contributed by atoms with Gasteiger partial charge in [-0.1, -0.05) is 32.9 Å². The van der Waals surface area contributed by atoms with Crippen molar-refractivity contribution >= 4 is 5.91 Å². The average molecular weight is 534 g/mol. The van der Waals surface area contributed by atoms with Gasteiger partial charge >= 0.3 is 6.18 Å². The lowest BCUT2D eigenvalue weighted by Crippen LogP contribution is -2.26. The molecule has 10 heteroatoms. The summed E-state index contributed by atoms with van der Waals surface area (Å²) >= 11 is 0. The molecule has 1 saturated heterocycles. The number of aromatic nitrogens is 2. The Labute approximate surface area is 218 Å². The second-order valence-electron chi connectivity index (χ2n) is 10.4. The van der Waals surface area contributed by atoms with Crippen LogP contribution < -0.4 is 10.2 Å². The van der Waals surface area contributed by atoms with Crippen LogP contribution in [-0.2, 0) is 29.9 Å². The topological polar surface area (TPSA) is 57.8 Å². The minimum atomic E-state index is -4.64. The second kappa shape index (κ2) is 10.8. The highest BCUT2D eigenvalue weighted by atomic mass is 19.4. The van der Waals surface area contributed by atoms with E-state index in [0.29, 0.717) is 6.61 Å². The third-order valence-electron chi connectivity index (χ3n) is 6.46. The van der Waals surface area contributed by atoms with Crippen LogP contribution >= 0.6 is 0 Å². The van der Waals surface area contributed by atoms with E-state index in [9.17, 15) is 22.4 Å². The van der Waals surface area contributed by atoms with Crippen molar-refractivity contribution in [3.63, 3.8) is 0 Å². The molecular formula is C28H31F4N3O3. The predicted octanol–water partition coefficient (Wildman–Crippen LogP) is 5.63. The summed E-state index contributed by atoms with van der Waals surface area (Å²) in [4.78, 5) is 17.7. The van der Waals surface area contributed by atoms with Crippen LogP contribution in [0.5, 0.6) is 5.75 Å². The maximum absolute atomic E-state index is 13.5. The maximum atomic E-state index is 13.5. The molecule has 38 heavy (non-hydrogen) atoms. The number of alkyl halides is 3. The molecule has 4 rings (SSSR count). The summed E-state index contributed by atoms with van der Waals surface area (Å²) in [7, 11) is 1.81. The summed E-state index contributed by atoms with van der Waals surface area (Å²) in [5.41, 5.74) is 0.304. The van der Waals surface area contributed by atoms with Gasteiger partial charge in [-0.15, -0.1) is 0 Å². The highest BCUT2D eigenvalue weighted by Gasteiger charge is 2.32. The van der Waals surface area contributed by atoms with Crippen LogP contribution in [0.15, 0.2) is 53.5 Å². The van der Waals surface area contributed by atoms with Crippen molar-refractivity contribution in [3.05, 3.63) is 82.2 Å². The van der Waals surface area contributed by atoms with Crippen LogP contribution in [0, 0.1) is 5.82 Å². The molecule has 204 valence electrons. The number of carbonyl (C=O) groups is 1. The Morgan fingerprint density at radius 1 is 1.11 bits per heavy atom. The fraction of sp³-hybridized carbons (Fsp3) is 0.429. The van der Waals surface area contributed by atoms with Crippen molar-refractivity contribution in [2.45, 2.75) is 57.9 Å². The highest BCUT2D eigenvalue weighted by molar-refractivity contribution is 5.97. The SMILES string of the molecule is Cn1c(C(C)(C)C)c/c(=N\C(=O)c2cc(C(F)(F)F)ccc2OC[C@@H]2CCCO2)n1Cc1ccc(F)cc1. The Bertz CT molecular complexity index is 1360. The summed E-state index contributed by atoms with van der Waals surface area (Å²) in [6.07, 6.45) is -3.17. The third-order valence-corrected chi connectivity index (χ3v) is 6.46. The highest BCUT2D eigenvalue weighted by Crippen LogP contribution is 2.33. The number of rotatable bonds is 6. The zero-order valence-corrected chi connectivity index (χ0v) is 21.8. The van der Waals surface area contributed by atoms with Crippen molar-refractivity contribution in [3.8, 4) is 5.75 Å². The molecule has 0 N–H and O–H groups in total. The van der Waals surface area contributed by atoms with Gasteiger partial charge in [-0.05, 0) is 48.7 Å². The summed E-state index contributed by atoms with van der Waals surface area (Å²) in [6.45, 7) is 6.99. The van der Waals surface area contributed by atoms with Gasteiger partial charge in [0.25, 0.3) is 5.91 Å². The summed E-state index contributed by atoms with van der Waals surface area (Å²) in [5, 5.41) is 0. The molecule has 0 radical (unpaired) electrons. The Balaban J connectivity index is 1.77. The molecular weight excluding hydrogens is 502 g/mol. The molecule has 3 aromatic rings. The Morgan fingerprint density at radius 2 is 1.82 bits per heavy atom. The van der Waals surface area contributed by atoms with Gasteiger partial charge in [0.2, 0.25) is 0 Å². The van der Waals surface area contributed by atoms with Crippen LogP contribution in [0.1, 0.15) is 60.8 Å². The Hall–Kier alpha value is -3.40. The molecule has 1 fully saturated rings. The molecule has 0 saturated carbocycles. The van der Waals surface area contributed by atoms with Gasteiger partial charge in [-0.25, -0.2) is 4.39 Å². The zero-order chi connectivity index (χ0) is 27.7. The molecule has 1 aromatic heterocycles. The molecule has 2 aromatic carbocycles. The van der Waals surface area contributed by atoms with Gasteiger partial charge in [0.15, 0.2) is 5.49 Å². The second-order valence-corrected chi connectivity index (χ2v) is 10.4. The number of ether oxygens (including phenoxy) is 2. The van der Waals surface area contributed by atoms with Crippen molar-refractivity contribution in [2.75, 3.05) is 13.2 Å². The molecule has 0 spiro atoms. The van der Waals surface area contributed by atoms with Crippen LogP contribution in [-0.4, -0.2) is 34.6 Å². The van der Waals surface area contributed by atoms with Crippen LogP contribution in [0.4, 0.5) is 17.6 Å². The predicted molar refractivity (Wildman–Crippen MR) is 133 cm³/mol. The lowest BCUT2D eigenvalue weighted by atomic mass is 9.92. The summed E-state index contributed by atoms with van der Waals surface area (Å²) < 4.78 is 68.8. The fourth-order valence-corrected chi connectivity index (χ4v) is 4.44. The maximum Gasteiger partial charge on any atom is 0.416 e. The van der Waals surface area contributed by atoms with Crippen LogP contribution in [0.25, 0.3) is 0 Å². The van der Waals surface area contributed by atoms with Crippen molar-refractivity contribution in [1.82, 2.24) is 9.36 Å². The monoisotopic (exact) mass is 533 g/mol. The van der Waals surface area contributed by atoms with Gasteiger partial charge in [0.1, 0.15) is 18.2 Å². The van der Waals surface area contributed by atoms with E-state index in [1.807, 2.05) is 32.5 Å². The minimum Gasteiger partial charge on any atom is -0.490 e. The van der Waals surface area contributed by atoms with Gasteiger partial charge in [0, 0.05) is 30.8 Å². The molecule has 2 heterocycles. The first kappa shape index (κ1) is 27.6. The molecule has 1 aliphatic rings. The zero-order valence-electron chi connectivity index (χ0n) is 21.8. The minimum absolute atomic E-state index is 0.0133. The van der Waals surface area contributed by atoms with Gasteiger partial charge in [-0.3, -0.25) is 14.2 Å². The number of nitrogens with zero attached hydrogens (tertiary/aromatic N) is 3. The number of halogens is 4. The van der Waals surface area contributed by atoms with Crippen molar-refractivity contribution in [2.24, 2.45) is 12.0 Å². The van der Waals surface area contributed by atoms with Crippen molar-refractivity contribution < 1.29 is 31.8 Å². The van der Waals surface area contributed by atoms with Crippen LogP contribution in [0.3, 0.4) is 0 Å². The first-order valence-electron chi connectivity index (χ1n) is 12.4. The Kier molecular flexibility index (Phi) is 7.83. The number of hydrogen-bond donors (Lipinski definition) is 0. The van der Waals surface area contributed by atoms with E-state index in [-0.39, 0.29) is 47.3 Å². The largest absolute Gasteiger partial charge is 0.490 e. The smallest absolute Gasteiger partial charge is 0.416 e. The quantitative estimate of drug-likeness (QED) is 0.386. The normalized spacial score (nSPS) is 16.7. The molecule has 1 amide bonds. The van der Waals surface area contributed by atoms with Crippen molar-refractivity contribution in [1.29, 1.82) is 0 Å². The van der Waals surface area contributed by atoms with Gasteiger partial charge < -0.3 is 9.47 Å². The van der Waals surface area contributed by atoms with Gasteiger partial charge in [0.05, 0.1) is 23.8 Å². The van der Waals surface area contributed by atoms with E-state index in [0.717, 1.165) is 42.3 Å². The standard InChI is InChI=1S/C28H31F4N3O3/c1-27(2,3)24-15-25(35(34(24)4)16-18-7-10-20(29)11-8-18)33-26(36)22-14-19(28(30,31)32)9-12-23(22)38-17-21-6-5-13-37-21/h7-12,14-15,21H,5-6,13,16-17H2,1-4H3/b33-25+/t21-/m0/s1. The molecule has 0 bridgehead atoms. The average Bonchev–Trinajstić information content (AvgIpc) is 3.47. The van der Waals surface area contributed by atoms with E-state index in [1.165, 1.54) is 12.1 Å². The van der Waals surface area contributed by atoms with Crippen LogP contribution in [0.2, 0.25) is 0 Å². The first-order valence-corrected chi connectivity index (χ1v) is 12.4. The van der Waals surface area contributed by atoms with E-state index in [4.69, 9.17) is 9.47 Å². The molecule has 1 aliphatic heterocycles. The lowest BCUT2D eigenvalue weighted by Gasteiger charge is -2.20. The lowest BCUT2D eigenvalue weighted by molar-refractivity contribution is -0.137. The third kappa shape index (κ3) is 6.35. The van der Waals surface area contributed by atoms with Gasteiger partial charge in [-0.2, -0.15) is 18.2 Å². The van der Waals surface area contributed by atoms with E-state index < -0.39 is 17.6 Å². The number of carbonyl (C=O) groups excluding carboxylic acids is 1. The van der Waals surface area contributed by atoms with E-state index in [2.05, 4.69) is 4.99 Å². The first-order chi connectivity index (χ1) is 17.8. The Morgan fingerprint density at radius 3 is 2.42 bits per heavy atom. The molecule has 6 nitrogen and oxygen atoms in total. The number of amides is 1. The van der Waals surface area contributed by atoms with E-state index in [1.54, 1.807) is 22.9 Å². The fourth-order valence-electron chi connectivity index (χ4n) is 4.44. The number of benzene rings is 2. The molecule has 0 aliphatic carbocycles. The summed E-state index contributed by atoms with van der Waals surface area (Å²) in [5.74, 6) is -1.22. The molecule has 1 atom stereocenters. The van der Waals surface area contributed by atoms with E-state index >= 15 is 0 Å². The summed E-state index contributed by atoms with van der Waals surface area (Å²) in [6, 6.07) is 10.5. The number of hydrogen-bond acceptors (Lipinski definition) is 3.